The summed E-state index contributed by atoms with van der Waals surface area (Å²) in [5, 5.41) is 14.3. The van der Waals surface area contributed by atoms with Crippen LogP contribution in [0.4, 0.5) is 30.4 Å². The highest BCUT2D eigenvalue weighted by molar-refractivity contribution is 6.30. The van der Waals surface area contributed by atoms with Crippen LogP contribution in [0.2, 0.25) is 5.02 Å². The minimum atomic E-state index is -0.871. The SMILES string of the molecule is Cc1c(F)ccc(F)c1-c1c(C(=O)N[C@@H](CC(N)=O)c2cccc(Cl)c2)c[nH]c1C#[N+]C1C[C@@H](O)CN(c2ccnc(N3CC[C@H]4[C@@H]3CCCN4c3cccc(F)c3)c2)C1. The highest BCUT2D eigenvalue weighted by atomic mass is 35.5. The topological polar surface area (TPSA) is 135 Å². The molecule has 2 amide bonds. The number of carbonyl (C=O) groups excluding carboxylic acids is 2. The number of nitrogens with one attached hydrogen (secondary N) is 2. The lowest BCUT2D eigenvalue weighted by molar-refractivity contribution is -0.118. The van der Waals surface area contributed by atoms with Crippen LogP contribution in [0, 0.1) is 30.4 Å². The predicted molar refractivity (Wildman–Crippen MR) is 226 cm³/mol. The standard InChI is InChI=1S/C45H44ClF3N8O3/c1-26-35(48)10-11-36(49)43(26)44-34(45(60)54-37(21-41(50)59)27-5-2-6-28(46)17-27)22-53-38(44)23-52-30-19-33(58)25-55(24-30)31-12-14-51-42(20-31)57-16-13-40-39(57)9-4-15-56(40)32-8-3-7-29(47)18-32/h2-3,5-8,10-12,14,17-18,20,22,30,33,37,39-40,58H,4,9,13,15-16,19,21,24-25H2,1H3,(H3,50,54,59,60)/p+1/t30?,33-,37+,39+,40+/m1/s1. The lowest BCUT2D eigenvalue weighted by atomic mass is 9.95. The first kappa shape index (κ1) is 40.7. The van der Waals surface area contributed by atoms with Crippen LogP contribution < -0.4 is 25.8 Å². The summed E-state index contributed by atoms with van der Waals surface area (Å²) < 4.78 is 44.9. The average molecular weight is 838 g/mol. The van der Waals surface area contributed by atoms with Crippen molar-refractivity contribution in [3.05, 3.63) is 135 Å². The molecule has 0 aliphatic carbocycles. The molecule has 5 heterocycles. The van der Waals surface area contributed by atoms with Crippen molar-refractivity contribution in [1.29, 1.82) is 0 Å². The fraction of sp³-hybridized carbons (Fsp3) is 0.333. The molecule has 5 N–H and O–H groups in total. The lowest BCUT2D eigenvalue weighted by Gasteiger charge is -2.41. The number of pyridine rings is 1. The second-order valence-corrected chi connectivity index (χ2v) is 16.2. The Bertz CT molecular complexity index is 2490. The third kappa shape index (κ3) is 8.50. The van der Waals surface area contributed by atoms with Crippen molar-refractivity contribution in [1.82, 2.24) is 15.3 Å². The Morgan fingerprint density at radius 1 is 0.983 bits per heavy atom. The zero-order chi connectivity index (χ0) is 42.1. The van der Waals surface area contributed by atoms with Gasteiger partial charge >= 0.3 is 6.07 Å². The predicted octanol–water partition coefficient (Wildman–Crippen LogP) is 7.37. The van der Waals surface area contributed by atoms with Crippen molar-refractivity contribution in [2.75, 3.05) is 40.9 Å². The molecule has 60 heavy (non-hydrogen) atoms. The molecule has 0 radical (unpaired) electrons. The number of anilines is 3. The molecule has 2 aromatic heterocycles. The number of amides is 2. The molecular formula is C45H45ClF3N8O3+. The van der Waals surface area contributed by atoms with E-state index >= 15 is 8.78 Å². The average Bonchev–Trinajstić information content (AvgIpc) is 3.86. The maximum Gasteiger partial charge on any atom is 0.330 e. The third-order valence-corrected chi connectivity index (χ3v) is 12.0. The molecule has 15 heteroatoms. The number of halogens is 4. The number of rotatable bonds is 9. The molecule has 11 nitrogen and oxygen atoms in total. The van der Waals surface area contributed by atoms with Gasteiger partial charge in [-0.2, -0.15) is 0 Å². The van der Waals surface area contributed by atoms with Crippen molar-refractivity contribution in [3.63, 3.8) is 0 Å². The van der Waals surface area contributed by atoms with Crippen LogP contribution in [-0.2, 0) is 4.79 Å². The third-order valence-electron chi connectivity index (χ3n) is 11.8. The maximum absolute atomic E-state index is 15.7. The van der Waals surface area contributed by atoms with Gasteiger partial charge in [0.25, 0.3) is 11.9 Å². The number of aliphatic hydroxyl groups excluding tert-OH is 1. The van der Waals surface area contributed by atoms with Crippen LogP contribution in [0.1, 0.15) is 65.3 Å². The van der Waals surface area contributed by atoms with Crippen LogP contribution in [0.5, 0.6) is 0 Å². The number of hydrogen-bond donors (Lipinski definition) is 4. The fourth-order valence-corrected chi connectivity index (χ4v) is 9.24. The Labute approximate surface area is 350 Å². The van der Waals surface area contributed by atoms with E-state index in [2.05, 4.69) is 26.2 Å². The zero-order valence-corrected chi connectivity index (χ0v) is 33.7. The smallest absolute Gasteiger partial charge is 0.330 e. The largest absolute Gasteiger partial charge is 0.391 e. The van der Waals surface area contributed by atoms with E-state index in [-0.39, 0.29) is 52.3 Å². The van der Waals surface area contributed by atoms with E-state index in [9.17, 15) is 19.1 Å². The molecule has 8 rings (SSSR count). The van der Waals surface area contributed by atoms with E-state index in [1.165, 1.54) is 19.2 Å². The molecule has 1 unspecified atom stereocenters. The van der Waals surface area contributed by atoms with Gasteiger partial charge in [-0.15, -0.1) is 0 Å². The van der Waals surface area contributed by atoms with E-state index in [1.807, 2.05) is 23.1 Å². The molecule has 3 aliphatic heterocycles. The maximum atomic E-state index is 15.7. The van der Waals surface area contributed by atoms with Crippen molar-refractivity contribution >= 4 is 40.6 Å². The summed E-state index contributed by atoms with van der Waals surface area (Å²) >= 11 is 6.21. The van der Waals surface area contributed by atoms with Crippen LogP contribution in [0.3, 0.4) is 0 Å². The number of nitrogens with two attached hydrogens (primary N) is 1. The quantitative estimate of drug-likeness (QED) is 0.122. The van der Waals surface area contributed by atoms with Crippen LogP contribution in [0.15, 0.2) is 85.2 Å². The van der Waals surface area contributed by atoms with Gasteiger partial charge in [0, 0.05) is 65.6 Å². The Hall–Kier alpha value is -6.04. The van der Waals surface area contributed by atoms with Gasteiger partial charge in [0.15, 0.2) is 5.69 Å². The van der Waals surface area contributed by atoms with E-state index in [1.54, 1.807) is 42.6 Å². The van der Waals surface area contributed by atoms with Gasteiger partial charge in [0.1, 0.15) is 23.3 Å². The minimum Gasteiger partial charge on any atom is -0.391 e. The van der Waals surface area contributed by atoms with Gasteiger partial charge in [-0.3, -0.25) is 9.59 Å². The summed E-state index contributed by atoms with van der Waals surface area (Å²) in [6.07, 6.45) is 5.36. The van der Waals surface area contributed by atoms with Gasteiger partial charge in [0.2, 0.25) is 5.91 Å². The molecule has 3 fully saturated rings. The monoisotopic (exact) mass is 837 g/mol. The van der Waals surface area contributed by atoms with Crippen LogP contribution in [-0.4, -0.2) is 77.3 Å². The minimum absolute atomic E-state index is 0.0257. The summed E-state index contributed by atoms with van der Waals surface area (Å²) in [4.78, 5) is 45.2. The van der Waals surface area contributed by atoms with Crippen LogP contribution in [0.25, 0.3) is 16.0 Å². The summed E-state index contributed by atoms with van der Waals surface area (Å²) in [7, 11) is 0. The number of aromatic amines is 1. The molecule has 0 saturated carbocycles. The number of aromatic nitrogens is 2. The van der Waals surface area contributed by atoms with Gasteiger partial charge in [-0.1, -0.05) is 34.6 Å². The summed E-state index contributed by atoms with van der Waals surface area (Å²) in [5.74, 6) is -2.21. The summed E-state index contributed by atoms with van der Waals surface area (Å²) in [6, 6.07) is 21.4. The number of H-pyrrole nitrogens is 1. The molecule has 5 aromatic rings. The molecule has 0 spiro atoms. The molecule has 3 aliphatic rings. The number of aliphatic hydroxyl groups is 1. The molecule has 5 atom stereocenters. The van der Waals surface area contributed by atoms with Gasteiger partial charge < -0.3 is 35.8 Å². The number of hydrogen-bond acceptors (Lipinski definition) is 7. The van der Waals surface area contributed by atoms with E-state index in [0.29, 0.717) is 30.1 Å². The number of carbonyl (C=O) groups is 2. The lowest BCUT2D eigenvalue weighted by Crippen LogP contribution is -2.50. The molecule has 0 bridgehead atoms. The Morgan fingerprint density at radius 2 is 1.78 bits per heavy atom. The highest BCUT2D eigenvalue weighted by Gasteiger charge is 2.41. The van der Waals surface area contributed by atoms with Crippen molar-refractivity contribution < 1.29 is 27.9 Å². The normalized spacial score (nSPS) is 20.6. The Morgan fingerprint density at radius 3 is 2.58 bits per heavy atom. The van der Waals surface area contributed by atoms with Crippen molar-refractivity contribution in [2.24, 2.45) is 5.73 Å². The second kappa shape index (κ2) is 17.3. The molecule has 3 saturated heterocycles. The number of piperidine rings is 2. The summed E-state index contributed by atoms with van der Waals surface area (Å²) in [6.45, 7) is 3.87. The first-order valence-electron chi connectivity index (χ1n) is 20.1. The van der Waals surface area contributed by atoms with Gasteiger partial charge in [0.05, 0.1) is 49.2 Å². The van der Waals surface area contributed by atoms with Crippen LogP contribution >= 0.6 is 11.6 Å². The first-order chi connectivity index (χ1) is 28.9. The summed E-state index contributed by atoms with van der Waals surface area (Å²) in [5.41, 5.74) is 7.77. The van der Waals surface area contributed by atoms with Gasteiger partial charge in [-0.05, 0) is 85.8 Å². The number of β-amino-alcohol motifs (C(OH)–C–C–N with tert-alkyl or cyclic N) is 1. The second-order valence-electron chi connectivity index (χ2n) is 15.7. The van der Waals surface area contributed by atoms with E-state index < -0.39 is 41.6 Å². The Kier molecular flexibility index (Phi) is 11.7. The van der Waals surface area contributed by atoms with Crippen molar-refractivity contribution in [3.8, 4) is 17.2 Å². The molecule has 3 aromatic carbocycles. The van der Waals surface area contributed by atoms with E-state index in [0.717, 1.165) is 61.7 Å². The fourth-order valence-electron chi connectivity index (χ4n) is 9.04. The van der Waals surface area contributed by atoms with Crippen molar-refractivity contribution in [2.45, 2.75) is 69.3 Å². The zero-order valence-electron chi connectivity index (χ0n) is 32.9. The Balaban J connectivity index is 1.05. The number of primary amides is 1. The number of fused-ring (bicyclic) bond motifs is 1. The van der Waals surface area contributed by atoms with Gasteiger partial charge in [-0.25, -0.2) is 18.2 Å². The number of nitrogens with zero attached hydrogens (tertiary/aromatic N) is 5. The first-order valence-corrected chi connectivity index (χ1v) is 20.5. The van der Waals surface area contributed by atoms with E-state index in [4.69, 9.17) is 27.2 Å². The number of benzene rings is 3. The molecular weight excluding hydrogens is 793 g/mol. The highest BCUT2D eigenvalue weighted by Crippen LogP contribution is 2.38. The molecule has 310 valence electrons.